The van der Waals surface area contributed by atoms with Crippen LogP contribution in [-0.4, -0.2) is 82.6 Å². The summed E-state index contributed by atoms with van der Waals surface area (Å²) < 4.78 is 5.40. The fourth-order valence-electron chi connectivity index (χ4n) is 6.33. The SMILES string of the molecule is COc1ccc2nccc(CCC[C@@H]3CCN(CCSc4ccccn4)C[C@@H]3CC(=O)O)c2c1.O=C(O)CC1CCCNC1. The molecule has 3 aromatic rings. The number of benzene rings is 1. The number of carbonyl (C=O) groups is 2. The Kier molecular flexibility index (Phi) is 13.7. The van der Waals surface area contributed by atoms with Crippen LogP contribution in [0, 0.1) is 17.8 Å². The van der Waals surface area contributed by atoms with E-state index in [2.05, 4.69) is 32.3 Å². The van der Waals surface area contributed by atoms with Gasteiger partial charge in [-0.2, -0.15) is 0 Å². The highest BCUT2D eigenvalue weighted by Crippen LogP contribution is 2.32. The van der Waals surface area contributed by atoms with E-state index in [1.807, 2.05) is 42.7 Å². The van der Waals surface area contributed by atoms with Gasteiger partial charge >= 0.3 is 11.9 Å². The van der Waals surface area contributed by atoms with Gasteiger partial charge in [-0.05, 0) is 118 Å². The quantitative estimate of drug-likeness (QED) is 0.207. The van der Waals surface area contributed by atoms with Crippen LogP contribution >= 0.6 is 11.8 Å². The lowest BCUT2D eigenvalue weighted by Gasteiger charge is -2.38. The number of carboxylic acids is 2. The molecule has 3 N–H and O–H groups in total. The van der Waals surface area contributed by atoms with Crippen LogP contribution in [0.25, 0.3) is 10.9 Å². The molecule has 0 amide bonds. The summed E-state index contributed by atoms with van der Waals surface area (Å²) >= 11 is 1.76. The Labute approximate surface area is 264 Å². The van der Waals surface area contributed by atoms with E-state index in [0.717, 1.165) is 98.7 Å². The highest BCUT2D eigenvalue weighted by Gasteiger charge is 2.30. The molecule has 44 heavy (non-hydrogen) atoms. The summed E-state index contributed by atoms with van der Waals surface area (Å²) in [6, 6.07) is 14.1. The summed E-state index contributed by atoms with van der Waals surface area (Å²) in [6.07, 6.45) is 10.6. The van der Waals surface area contributed by atoms with Crippen molar-refractivity contribution in [2.24, 2.45) is 17.8 Å². The predicted molar refractivity (Wildman–Crippen MR) is 174 cm³/mol. The molecule has 1 aromatic carbocycles. The molecular formula is C34H46N4O5S. The van der Waals surface area contributed by atoms with Gasteiger partial charge in [0.25, 0.3) is 0 Å². The summed E-state index contributed by atoms with van der Waals surface area (Å²) in [5.41, 5.74) is 2.27. The first-order chi connectivity index (χ1) is 21.4. The fourth-order valence-corrected chi connectivity index (χ4v) is 7.20. The smallest absolute Gasteiger partial charge is 0.303 e. The van der Waals surface area contributed by atoms with Gasteiger partial charge in [-0.3, -0.25) is 14.6 Å². The minimum absolute atomic E-state index is 0.209. The molecule has 2 aliphatic rings. The third-order valence-electron chi connectivity index (χ3n) is 8.63. The van der Waals surface area contributed by atoms with Crippen LogP contribution in [0.4, 0.5) is 0 Å². The molecular weight excluding hydrogens is 576 g/mol. The van der Waals surface area contributed by atoms with Gasteiger partial charge in [-0.1, -0.05) is 6.07 Å². The maximum absolute atomic E-state index is 11.6. The normalized spacial score (nSPS) is 20.4. The molecule has 5 rings (SSSR count). The zero-order chi connectivity index (χ0) is 31.1. The molecule has 0 saturated carbocycles. The van der Waals surface area contributed by atoms with Crippen molar-refractivity contribution in [2.75, 3.05) is 45.6 Å². The molecule has 10 heteroatoms. The standard InChI is InChI=1S/C27H33N3O3S.C7H13NO2/c1-33-23-8-9-25-24(18-23)21(10-13-28-25)6-4-5-20-11-14-30(19-22(20)17-27(31)32)15-16-34-26-7-2-3-12-29-26;9-7(10)4-6-2-1-3-8-5-6/h2-3,7-10,12-13,18,20,22H,4-6,11,14-17,19H2,1H3,(H,31,32);6,8H,1-5H2,(H,9,10)/t20-,22+;/m1./s1. The van der Waals surface area contributed by atoms with Crippen LogP contribution in [0.2, 0.25) is 0 Å². The molecule has 0 aliphatic carbocycles. The van der Waals surface area contributed by atoms with Crippen LogP contribution in [0.1, 0.15) is 50.5 Å². The van der Waals surface area contributed by atoms with Crippen LogP contribution in [0.5, 0.6) is 5.75 Å². The van der Waals surface area contributed by atoms with E-state index in [-0.39, 0.29) is 12.3 Å². The number of aliphatic carboxylic acids is 2. The Morgan fingerprint density at radius 2 is 1.91 bits per heavy atom. The number of piperidine rings is 2. The van der Waals surface area contributed by atoms with Crippen LogP contribution in [0.3, 0.4) is 0 Å². The van der Waals surface area contributed by atoms with Crippen molar-refractivity contribution in [1.29, 1.82) is 0 Å². The number of nitrogens with zero attached hydrogens (tertiary/aromatic N) is 3. The number of carboxylic acid groups (broad SMARTS) is 2. The third-order valence-corrected chi connectivity index (χ3v) is 9.55. The largest absolute Gasteiger partial charge is 0.497 e. The average Bonchev–Trinajstić information content (AvgIpc) is 3.02. The molecule has 2 aliphatic heterocycles. The predicted octanol–water partition coefficient (Wildman–Crippen LogP) is 5.63. The number of pyridine rings is 2. The summed E-state index contributed by atoms with van der Waals surface area (Å²) in [4.78, 5) is 33.1. The molecule has 238 valence electrons. The maximum atomic E-state index is 11.6. The van der Waals surface area contributed by atoms with Gasteiger partial charge in [0.05, 0.1) is 17.7 Å². The number of aryl methyl sites for hydroxylation is 1. The number of nitrogens with one attached hydrogen (secondary N) is 1. The highest BCUT2D eigenvalue weighted by molar-refractivity contribution is 7.99. The Balaban J connectivity index is 0.000000375. The Morgan fingerprint density at radius 3 is 2.64 bits per heavy atom. The Hall–Kier alpha value is -3.21. The molecule has 2 aromatic heterocycles. The zero-order valence-corrected chi connectivity index (χ0v) is 26.5. The molecule has 2 fully saturated rings. The monoisotopic (exact) mass is 622 g/mol. The van der Waals surface area contributed by atoms with Crippen molar-refractivity contribution in [3.8, 4) is 5.75 Å². The maximum Gasteiger partial charge on any atom is 0.303 e. The van der Waals surface area contributed by atoms with E-state index in [1.165, 1.54) is 5.56 Å². The number of thioether (sulfide) groups is 1. The summed E-state index contributed by atoms with van der Waals surface area (Å²) in [5.74, 6) is 1.49. The van der Waals surface area contributed by atoms with Gasteiger partial charge in [0.15, 0.2) is 0 Å². The van der Waals surface area contributed by atoms with Gasteiger partial charge in [-0.25, -0.2) is 4.98 Å². The van der Waals surface area contributed by atoms with E-state index in [9.17, 15) is 14.7 Å². The number of methoxy groups -OCH3 is 1. The molecule has 0 bridgehead atoms. The lowest BCUT2D eigenvalue weighted by atomic mass is 9.80. The second kappa shape index (κ2) is 17.9. The number of fused-ring (bicyclic) bond motifs is 1. The summed E-state index contributed by atoms with van der Waals surface area (Å²) in [7, 11) is 1.68. The average molecular weight is 623 g/mol. The lowest BCUT2D eigenvalue weighted by molar-refractivity contribution is -0.139. The van der Waals surface area contributed by atoms with Crippen LogP contribution < -0.4 is 10.1 Å². The second-order valence-corrected chi connectivity index (χ2v) is 12.9. The molecule has 0 radical (unpaired) electrons. The van der Waals surface area contributed by atoms with Crippen molar-refractivity contribution < 1.29 is 24.5 Å². The number of likely N-dealkylation sites (tertiary alicyclic amines) is 1. The number of aromatic nitrogens is 2. The number of hydrogen-bond acceptors (Lipinski definition) is 8. The van der Waals surface area contributed by atoms with Gasteiger partial charge in [0.2, 0.25) is 0 Å². The van der Waals surface area contributed by atoms with Gasteiger partial charge in [0, 0.05) is 49.5 Å². The van der Waals surface area contributed by atoms with Crippen molar-refractivity contribution in [3.63, 3.8) is 0 Å². The summed E-state index contributed by atoms with van der Waals surface area (Å²) in [5, 5.41) is 23.3. The van der Waals surface area contributed by atoms with Crippen molar-refractivity contribution in [1.82, 2.24) is 20.2 Å². The van der Waals surface area contributed by atoms with E-state index in [4.69, 9.17) is 9.84 Å². The Morgan fingerprint density at radius 1 is 1.05 bits per heavy atom. The molecule has 4 heterocycles. The molecule has 3 atom stereocenters. The minimum Gasteiger partial charge on any atom is -0.497 e. The fraction of sp³-hybridized carbons (Fsp3) is 0.529. The first kappa shape index (κ1) is 33.7. The van der Waals surface area contributed by atoms with E-state index >= 15 is 0 Å². The molecule has 0 spiro atoms. The molecule has 9 nitrogen and oxygen atoms in total. The third kappa shape index (κ3) is 11.1. The minimum atomic E-state index is -0.688. The van der Waals surface area contributed by atoms with Gasteiger partial charge < -0.3 is 25.2 Å². The highest BCUT2D eigenvalue weighted by atomic mass is 32.2. The number of rotatable bonds is 13. The van der Waals surface area contributed by atoms with Crippen molar-refractivity contribution in [3.05, 3.63) is 60.4 Å². The number of ether oxygens (including phenoxy) is 1. The summed E-state index contributed by atoms with van der Waals surface area (Å²) in [6.45, 7) is 4.81. The van der Waals surface area contributed by atoms with Gasteiger partial charge in [-0.15, -0.1) is 11.8 Å². The first-order valence-corrected chi connectivity index (χ1v) is 16.7. The lowest BCUT2D eigenvalue weighted by Crippen LogP contribution is -2.42. The van der Waals surface area contributed by atoms with Crippen molar-refractivity contribution >= 4 is 34.6 Å². The van der Waals surface area contributed by atoms with Crippen molar-refractivity contribution in [2.45, 2.75) is 56.4 Å². The van der Waals surface area contributed by atoms with E-state index in [0.29, 0.717) is 18.3 Å². The molecule has 1 unspecified atom stereocenters. The second-order valence-electron chi connectivity index (χ2n) is 11.8. The van der Waals surface area contributed by atoms with E-state index in [1.54, 1.807) is 18.9 Å². The number of hydrogen-bond donors (Lipinski definition) is 3. The molecule has 2 saturated heterocycles. The Bertz CT molecular complexity index is 1320. The topological polar surface area (TPSA) is 125 Å². The van der Waals surface area contributed by atoms with Crippen LogP contribution in [0.15, 0.2) is 59.9 Å². The van der Waals surface area contributed by atoms with Gasteiger partial charge in [0.1, 0.15) is 5.75 Å². The first-order valence-electron chi connectivity index (χ1n) is 15.7. The van der Waals surface area contributed by atoms with Crippen LogP contribution in [-0.2, 0) is 16.0 Å². The van der Waals surface area contributed by atoms with E-state index < -0.39 is 11.9 Å². The zero-order valence-electron chi connectivity index (χ0n) is 25.7.